The highest BCUT2D eigenvalue weighted by atomic mass is 16.5. The van der Waals surface area contributed by atoms with Crippen molar-refractivity contribution >= 4 is 5.91 Å². The van der Waals surface area contributed by atoms with Crippen LogP contribution in [0.1, 0.15) is 21.5 Å². The first-order valence-electron chi connectivity index (χ1n) is 7.61. The molecule has 0 saturated carbocycles. The van der Waals surface area contributed by atoms with Gasteiger partial charge >= 0.3 is 0 Å². The molecule has 0 radical (unpaired) electrons. The topological polar surface area (TPSA) is 48.0 Å². The first-order valence-corrected chi connectivity index (χ1v) is 7.61. The summed E-state index contributed by atoms with van der Waals surface area (Å²) in [7, 11) is 6.48. The Labute approximate surface area is 142 Å². The summed E-state index contributed by atoms with van der Waals surface area (Å²) < 4.78 is 16.0. The van der Waals surface area contributed by atoms with E-state index in [-0.39, 0.29) is 5.91 Å². The Morgan fingerprint density at radius 1 is 1.00 bits per heavy atom. The molecule has 5 nitrogen and oxygen atoms in total. The Bertz CT molecular complexity index is 702. The molecule has 0 spiro atoms. The lowest BCUT2D eigenvalue weighted by Crippen LogP contribution is -2.26. The van der Waals surface area contributed by atoms with Gasteiger partial charge < -0.3 is 19.1 Å². The van der Waals surface area contributed by atoms with Crippen LogP contribution in [0, 0.1) is 6.92 Å². The summed E-state index contributed by atoms with van der Waals surface area (Å²) in [4.78, 5) is 14.2. The molecule has 0 aliphatic carbocycles. The Balaban J connectivity index is 2.25. The van der Waals surface area contributed by atoms with Gasteiger partial charge in [-0.05, 0) is 36.8 Å². The number of carbonyl (C=O) groups is 1. The number of amides is 1. The summed E-state index contributed by atoms with van der Waals surface area (Å²) in [6.07, 6.45) is 0. The van der Waals surface area contributed by atoms with Crippen LogP contribution in [-0.2, 0) is 6.54 Å². The molecular formula is C19H23NO4. The van der Waals surface area contributed by atoms with E-state index < -0.39 is 0 Å². The monoisotopic (exact) mass is 329 g/mol. The fourth-order valence-corrected chi connectivity index (χ4v) is 2.57. The van der Waals surface area contributed by atoms with E-state index in [0.717, 1.165) is 11.1 Å². The number of aryl methyl sites for hydroxylation is 1. The molecule has 0 aliphatic rings. The molecule has 24 heavy (non-hydrogen) atoms. The van der Waals surface area contributed by atoms with Crippen molar-refractivity contribution in [2.45, 2.75) is 13.5 Å². The molecule has 2 aromatic rings. The van der Waals surface area contributed by atoms with Gasteiger partial charge in [-0.2, -0.15) is 0 Å². The molecule has 1 amide bonds. The molecule has 0 saturated heterocycles. The van der Waals surface area contributed by atoms with Crippen molar-refractivity contribution in [2.75, 3.05) is 28.4 Å². The standard InChI is InChI=1S/C19H23NO4/c1-13-7-6-8-15(9-13)19(21)20(2)12-14-10-16(22-3)18(24-5)17(11-14)23-4/h6-11H,12H2,1-5H3. The Morgan fingerprint density at radius 2 is 1.62 bits per heavy atom. The predicted octanol–water partition coefficient (Wildman–Crippen LogP) is 3.29. The zero-order valence-electron chi connectivity index (χ0n) is 14.8. The number of methoxy groups -OCH3 is 3. The lowest BCUT2D eigenvalue weighted by Gasteiger charge is -2.20. The van der Waals surface area contributed by atoms with Gasteiger partial charge in [0.15, 0.2) is 11.5 Å². The highest BCUT2D eigenvalue weighted by Gasteiger charge is 2.16. The molecular weight excluding hydrogens is 306 g/mol. The molecule has 5 heteroatoms. The molecule has 2 aromatic carbocycles. The normalized spacial score (nSPS) is 10.2. The number of hydrogen-bond donors (Lipinski definition) is 0. The van der Waals surface area contributed by atoms with Crippen LogP contribution < -0.4 is 14.2 Å². The second-order valence-corrected chi connectivity index (χ2v) is 5.56. The summed E-state index contributed by atoms with van der Waals surface area (Å²) in [6.45, 7) is 2.40. The molecule has 0 aliphatic heterocycles. The lowest BCUT2D eigenvalue weighted by molar-refractivity contribution is 0.0784. The van der Waals surface area contributed by atoms with E-state index in [1.165, 1.54) is 0 Å². The summed E-state index contributed by atoms with van der Waals surface area (Å²) in [5.41, 5.74) is 2.62. The molecule has 0 bridgehead atoms. The van der Waals surface area contributed by atoms with Crippen LogP contribution in [0.3, 0.4) is 0 Å². The maximum Gasteiger partial charge on any atom is 0.253 e. The summed E-state index contributed by atoms with van der Waals surface area (Å²) >= 11 is 0. The van der Waals surface area contributed by atoms with Gasteiger partial charge in [-0.3, -0.25) is 4.79 Å². The SMILES string of the molecule is COc1cc(CN(C)C(=O)c2cccc(C)c2)cc(OC)c1OC. The van der Waals surface area contributed by atoms with Crippen LogP contribution in [0.2, 0.25) is 0 Å². The number of hydrogen-bond acceptors (Lipinski definition) is 4. The van der Waals surface area contributed by atoms with Gasteiger partial charge in [0.1, 0.15) is 0 Å². The van der Waals surface area contributed by atoms with Crippen molar-refractivity contribution in [1.82, 2.24) is 4.90 Å². The largest absolute Gasteiger partial charge is 0.493 e. The number of carbonyl (C=O) groups excluding carboxylic acids is 1. The van der Waals surface area contributed by atoms with Crippen LogP contribution >= 0.6 is 0 Å². The first kappa shape index (κ1) is 17.7. The smallest absolute Gasteiger partial charge is 0.253 e. The van der Waals surface area contributed by atoms with E-state index in [1.807, 2.05) is 43.3 Å². The minimum Gasteiger partial charge on any atom is -0.493 e. The third-order valence-corrected chi connectivity index (χ3v) is 3.76. The van der Waals surface area contributed by atoms with Crippen molar-refractivity contribution in [3.8, 4) is 17.2 Å². The van der Waals surface area contributed by atoms with Crippen LogP contribution in [0.4, 0.5) is 0 Å². The number of rotatable bonds is 6. The second kappa shape index (κ2) is 7.73. The second-order valence-electron chi connectivity index (χ2n) is 5.56. The number of ether oxygens (including phenoxy) is 3. The molecule has 0 fully saturated rings. The highest BCUT2D eigenvalue weighted by Crippen LogP contribution is 2.38. The Hall–Kier alpha value is -2.69. The minimum atomic E-state index is -0.0348. The highest BCUT2D eigenvalue weighted by molar-refractivity contribution is 5.94. The van der Waals surface area contributed by atoms with Crippen molar-refractivity contribution in [3.63, 3.8) is 0 Å². The van der Waals surface area contributed by atoms with E-state index in [4.69, 9.17) is 14.2 Å². The zero-order chi connectivity index (χ0) is 17.7. The fourth-order valence-electron chi connectivity index (χ4n) is 2.57. The van der Waals surface area contributed by atoms with Crippen molar-refractivity contribution in [2.24, 2.45) is 0 Å². The van der Waals surface area contributed by atoms with E-state index >= 15 is 0 Å². The van der Waals surface area contributed by atoms with Crippen molar-refractivity contribution in [3.05, 3.63) is 53.1 Å². The third kappa shape index (κ3) is 3.79. The maximum atomic E-state index is 12.6. The van der Waals surface area contributed by atoms with E-state index in [2.05, 4.69) is 0 Å². The van der Waals surface area contributed by atoms with Crippen LogP contribution in [0.25, 0.3) is 0 Å². The molecule has 0 heterocycles. The Kier molecular flexibility index (Phi) is 5.68. The first-order chi connectivity index (χ1) is 11.5. The van der Waals surface area contributed by atoms with Crippen LogP contribution in [-0.4, -0.2) is 39.2 Å². The molecule has 128 valence electrons. The number of benzene rings is 2. The van der Waals surface area contributed by atoms with Gasteiger partial charge in [0.2, 0.25) is 5.75 Å². The molecule has 0 N–H and O–H groups in total. The van der Waals surface area contributed by atoms with E-state index in [1.54, 1.807) is 33.3 Å². The third-order valence-electron chi connectivity index (χ3n) is 3.76. The molecule has 0 unspecified atom stereocenters. The average Bonchev–Trinajstić information content (AvgIpc) is 2.59. The van der Waals surface area contributed by atoms with Gasteiger partial charge in [0, 0.05) is 19.2 Å². The van der Waals surface area contributed by atoms with Crippen molar-refractivity contribution < 1.29 is 19.0 Å². The van der Waals surface area contributed by atoms with Gasteiger partial charge in [-0.15, -0.1) is 0 Å². The van der Waals surface area contributed by atoms with E-state index in [0.29, 0.717) is 29.4 Å². The average molecular weight is 329 g/mol. The summed E-state index contributed by atoms with van der Waals surface area (Å²) in [6, 6.07) is 11.3. The zero-order valence-corrected chi connectivity index (χ0v) is 14.8. The molecule has 2 rings (SSSR count). The van der Waals surface area contributed by atoms with Gasteiger partial charge in [0.25, 0.3) is 5.91 Å². The van der Waals surface area contributed by atoms with E-state index in [9.17, 15) is 4.79 Å². The van der Waals surface area contributed by atoms with Gasteiger partial charge in [-0.1, -0.05) is 17.7 Å². The Morgan fingerprint density at radius 3 is 2.12 bits per heavy atom. The quantitative estimate of drug-likeness (QED) is 0.816. The summed E-state index contributed by atoms with van der Waals surface area (Å²) in [5, 5.41) is 0. The maximum absolute atomic E-state index is 12.6. The molecule has 0 aromatic heterocycles. The lowest BCUT2D eigenvalue weighted by atomic mass is 10.1. The van der Waals surface area contributed by atoms with Gasteiger partial charge in [-0.25, -0.2) is 0 Å². The summed E-state index contributed by atoms with van der Waals surface area (Å²) in [5.74, 6) is 1.65. The predicted molar refractivity (Wildman–Crippen MR) is 93.1 cm³/mol. The fraction of sp³-hybridized carbons (Fsp3) is 0.316. The number of nitrogens with zero attached hydrogens (tertiary/aromatic N) is 1. The molecule has 0 atom stereocenters. The van der Waals surface area contributed by atoms with Crippen LogP contribution in [0.15, 0.2) is 36.4 Å². The minimum absolute atomic E-state index is 0.0348. The van der Waals surface area contributed by atoms with Gasteiger partial charge in [0.05, 0.1) is 21.3 Å². The van der Waals surface area contributed by atoms with Crippen LogP contribution in [0.5, 0.6) is 17.2 Å². The van der Waals surface area contributed by atoms with Crippen molar-refractivity contribution in [1.29, 1.82) is 0 Å².